The molecule has 1 saturated carbocycles. The highest BCUT2D eigenvalue weighted by molar-refractivity contribution is 6.05. The third-order valence-electron chi connectivity index (χ3n) is 4.80. The van der Waals surface area contributed by atoms with E-state index in [0.29, 0.717) is 12.6 Å². The summed E-state index contributed by atoms with van der Waals surface area (Å²) in [5.41, 5.74) is 0. The lowest BCUT2D eigenvalue weighted by atomic mass is 9.81. The Hall–Kier alpha value is -0.900. The number of amides is 2. The molecule has 0 aromatic heterocycles. The van der Waals surface area contributed by atoms with Gasteiger partial charge in [-0.3, -0.25) is 14.5 Å². The molecular formula is C14H22N2O2. The van der Waals surface area contributed by atoms with Gasteiger partial charge in [-0.05, 0) is 38.6 Å². The van der Waals surface area contributed by atoms with Crippen LogP contribution in [0.15, 0.2) is 0 Å². The van der Waals surface area contributed by atoms with E-state index < -0.39 is 0 Å². The zero-order chi connectivity index (χ0) is 12.5. The Balaban J connectivity index is 1.61. The second-order valence-corrected chi connectivity index (χ2v) is 5.91. The topological polar surface area (TPSA) is 49.4 Å². The Morgan fingerprint density at radius 3 is 2.22 bits per heavy atom. The summed E-state index contributed by atoms with van der Waals surface area (Å²) < 4.78 is 0. The van der Waals surface area contributed by atoms with Crippen LogP contribution in [0.4, 0.5) is 0 Å². The lowest BCUT2D eigenvalue weighted by molar-refractivity contribution is -0.140. The van der Waals surface area contributed by atoms with E-state index in [0.717, 1.165) is 38.6 Å². The Morgan fingerprint density at radius 2 is 1.67 bits per heavy atom. The minimum absolute atomic E-state index is 0.0165. The minimum atomic E-state index is 0.0165. The predicted molar refractivity (Wildman–Crippen MR) is 67.8 cm³/mol. The number of hydrogen-bond acceptors (Lipinski definition) is 3. The van der Waals surface area contributed by atoms with Crippen LogP contribution in [-0.4, -0.2) is 35.8 Å². The second kappa shape index (κ2) is 5.00. The van der Waals surface area contributed by atoms with E-state index in [9.17, 15) is 9.59 Å². The first kappa shape index (κ1) is 12.2. The van der Waals surface area contributed by atoms with Crippen LogP contribution in [0.3, 0.4) is 0 Å². The van der Waals surface area contributed by atoms with Gasteiger partial charge in [0.2, 0.25) is 11.8 Å². The molecule has 2 aliphatic heterocycles. The summed E-state index contributed by atoms with van der Waals surface area (Å²) in [6.45, 7) is 1.71. The number of nitrogens with one attached hydrogen (secondary N) is 1. The summed E-state index contributed by atoms with van der Waals surface area (Å²) in [6, 6.07) is 0.508. The average Bonchev–Trinajstić information content (AvgIpc) is 2.98. The SMILES string of the molecule is O=C1C2CCCCC2C(=O)N1CCC1CCCN1. The van der Waals surface area contributed by atoms with Crippen molar-refractivity contribution in [2.24, 2.45) is 11.8 Å². The van der Waals surface area contributed by atoms with E-state index in [-0.39, 0.29) is 23.7 Å². The maximum absolute atomic E-state index is 12.2. The van der Waals surface area contributed by atoms with Gasteiger partial charge in [0.1, 0.15) is 0 Å². The fourth-order valence-electron chi connectivity index (χ4n) is 3.74. The van der Waals surface area contributed by atoms with Crippen molar-refractivity contribution >= 4 is 11.8 Å². The van der Waals surface area contributed by atoms with Crippen LogP contribution in [0, 0.1) is 11.8 Å². The Kier molecular flexibility index (Phi) is 3.37. The van der Waals surface area contributed by atoms with Gasteiger partial charge in [0.25, 0.3) is 0 Å². The fourth-order valence-corrected chi connectivity index (χ4v) is 3.74. The minimum Gasteiger partial charge on any atom is -0.314 e. The highest BCUT2D eigenvalue weighted by Crippen LogP contribution is 2.38. The molecule has 0 radical (unpaired) electrons. The van der Waals surface area contributed by atoms with Gasteiger partial charge in [0, 0.05) is 12.6 Å². The first-order valence-corrected chi connectivity index (χ1v) is 7.36. The number of carbonyl (C=O) groups is 2. The van der Waals surface area contributed by atoms with Crippen LogP contribution in [-0.2, 0) is 9.59 Å². The first-order chi connectivity index (χ1) is 8.77. The molecule has 2 saturated heterocycles. The molecule has 3 aliphatic rings. The molecular weight excluding hydrogens is 228 g/mol. The molecule has 2 amide bonds. The summed E-state index contributed by atoms with van der Waals surface area (Å²) in [4.78, 5) is 26.0. The summed E-state index contributed by atoms with van der Waals surface area (Å²) in [5, 5.41) is 3.42. The molecule has 4 heteroatoms. The monoisotopic (exact) mass is 250 g/mol. The Morgan fingerprint density at radius 1 is 1.00 bits per heavy atom. The number of rotatable bonds is 3. The standard InChI is InChI=1S/C14H22N2O2/c17-13-11-5-1-2-6-12(11)14(18)16(13)9-7-10-4-3-8-15-10/h10-12,15H,1-9H2. The molecule has 0 bridgehead atoms. The van der Waals surface area contributed by atoms with Crippen LogP contribution in [0.2, 0.25) is 0 Å². The van der Waals surface area contributed by atoms with Crippen LogP contribution in [0.25, 0.3) is 0 Å². The van der Waals surface area contributed by atoms with Crippen molar-refractivity contribution < 1.29 is 9.59 Å². The van der Waals surface area contributed by atoms with E-state index in [4.69, 9.17) is 0 Å². The zero-order valence-electron chi connectivity index (χ0n) is 10.9. The molecule has 1 N–H and O–H groups in total. The molecule has 0 spiro atoms. The van der Waals surface area contributed by atoms with Crippen molar-refractivity contribution in [2.45, 2.75) is 51.0 Å². The van der Waals surface area contributed by atoms with Crippen molar-refractivity contribution in [2.75, 3.05) is 13.1 Å². The molecule has 0 aromatic carbocycles. The Labute approximate surface area is 108 Å². The number of carbonyl (C=O) groups excluding carboxylic acids is 2. The van der Waals surface area contributed by atoms with Crippen molar-refractivity contribution in [1.29, 1.82) is 0 Å². The molecule has 3 fully saturated rings. The molecule has 3 atom stereocenters. The van der Waals surface area contributed by atoms with Gasteiger partial charge in [-0.2, -0.15) is 0 Å². The van der Waals surface area contributed by atoms with Gasteiger partial charge in [-0.15, -0.1) is 0 Å². The third kappa shape index (κ3) is 2.07. The highest BCUT2D eigenvalue weighted by atomic mass is 16.2. The summed E-state index contributed by atoms with van der Waals surface area (Å²) >= 11 is 0. The van der Waals surface area contributed by atoms with Gasteiger partial charge < -0.3 is 5.32 Å². The van der Waals surface area contributed by atoms with Crippen LogP contribution < -0.4 is 5.32 Å². The largest absolute Gasteiger partial charge is 0.314 e. The maximum atomic E-state index is 12.2. The van der Waals surface area contributed by atoms with E-state index in [2.05, 4.69) is 5.32 Å². The van der Waals surface area contributed by atoms with E-state index in [1.54, 1.807) is 4.90 Å². The summed E-state index contributed by atoms with van der Waals surface area (Å²) in [7, 11) is 0. The number of fused-ring (bicyclic) bond motifs is 1. The molecule has 3 unspecified atom stereocenters. The van der Waals surface area contributed by atoms with E-state index in [1.165, 1.54) is 12.8 Å². The molecule has 18 heavy (non-hydrogen) atoms. The van der Waals surface area contributed by atoms with Crippen LogP contribution in [0.1, 0.15) is 44.9 Å². The molecule has 4 nitrogen and oxygen atoms in total. The van der Waals surface area contributed by atoms with Gasteiger partial charge in [0.05, 0.1) is 11.8 Å². The van der Waals surface area contributed by atoms with Crippen molar-refractivity contribution in [1.82, 2.24) is 10.2 Å². The van der Waals surface area contributed by atoms with Crippen molar-refractivity contribution in [3.63, 3.8) is 0 Å². The maximum Gasteiger partial charge on any atom is 0.233 e. The molecule has 2 heterocycles. The third-order valence-corrected chi connectivity index (χ3v) is 4.80. The number of likely N-dealkylation sites (tertiary alicyclic amines) is 1. The van der Waals surface area contributed by atoms with Crippen molar-refractivity contribution in [3.05, 3.63) is 0 Å². The van der Waals surface area contributed by atoms with Gasteiger partial charge >= 0.3 is 0 Å². The summed E-state index contributed by atoms with van der Waals surface area (Å²) in [6.07, 6.45) is 7.40. The zero-order valence-corrected chi connectivity index (χ0v) is 10.9. The van der Waals surface area contributed by atoms with Gasteiger partial charge in [-0.1, -0.05) is 12.8 Å². The lowest BCUT2D eigenvalue weighted by Crippen LogP contribution is -2.35. The van der Waals surface area contributed by atoms with E-state index in [1.807, 2.05) is 0 Å². The Bertz CT molecular complexity index is 326. The van der Waals surface area contributed by atoms with Crippen LogP contribution in [0.5, 0.6) is 0 Å². The number of nitrogens with zero attached hydrogens (tertiary/aromatic N) is 1. The number of imide groups is 1. The molecule has 3 rings (SSSR count). The van der Waals surface area contributed by atoms with Crippen molar-refractivity contribution in [3.8, 4) is 0 Å². The normalized spacial score (nSPS) is 36.2. The first-order valence-electron chi connectivity index (χ1n) is 7.36. The van der Waals surface area contributed by atoms with Gasteiger partial charge in [-0.25, -0.2) is 0 Å². The average molecular weight is 250 g/mol. The second-order valence-electron chi connectivity index (χ2n) is 5.91. The van der Waals surface area contributed by atoms with Crippen LogP contribution >= 0.6 is 0 Å². The smallest absolute Gasteiger partial charge is 0.233 e. The fraction of sp³-hybridized carbons (Fsp3) is 0.857. The van der Waals surface area contributed by atoms with Gasteiger partial charge in [0.15, 0.2) is 0 Å². The van der Waals surface area contributed by atoms with E-state index >= 15 is 0 Å². The highest BCUT2D eigenvalue weighted by Gasteiger charge is 2.47. The number of hydrogen-bond donors (Lipinski definition) is 1. The molecule has 100 valence electrons. The quantitative estimate of drug-likeness (QED) is 0.768. The lowest BCUT2D eigenvalue weighted by Gasteiger charge is -2.19. The molecule has 1 aliphatic carbocycles. The summed E-state index contributed by atoms with van der Waals surface area (Å²) in [5.74, 6) is 0.260. The molecule has 0 aromatic rings. The predicted octanol–water partition coefficient (Wildman–Crippen LogP) is 1.30.